The predicted octanol–water partition coefficient (Wildman–Crippen LogP) is 3.95. The van der Waals surface area contributed by atoms with Crippen LogP contribution in [0, 0.1) is 0 Å². The zero-order valence-corrected chi connectivity index (χ0v) is 13.2. The molecule has 4 aromatic rings. The Bertz CT molecular complexity index is 1020. The summed E-state index contributed by atoms with van der Waals surface area (Å²) in [5.41, 5.74) is 6.83. The fraction of sp³-hybridized carbons (Fsp3) is 0.150. The summed E-state index contributed by atoms with van der Waals surface area (Å²) in [6, 6.07) is 16.6. The molecule has 0 spiro atoms. The summed E-state index contributed by atoms with van der Waals surface area (Å²) in [6.07, 6.45) is 7.36. The van der Waals surface area contributed by atoms with Crippen molar-refractivity contribution in [3.05, 3.63) is 72.1 Å². The number of rotatable bonds is 2. The highest BCUT2D eigenvalue weighted by molar-refractivity contribution is 5.78. The standard InChI is InChI=1S/C20H16N4/c1-2-12-24-18(8-1)22-20(23-24)17-7-4-11-21-19(17)16-10-9-14-5-3-6-15(14)13-16/h1-2,4,7-13H,3,5-6H2. The summed E-state index contributed by atoms with van der Waals surface area (Å²) < 4.78 is 1.80. The summed E-state index contributed by atoms with van der Waals surface area (Å²) in [4.78, 5) is 9.29. The van der Waals surface area contributed by atoms with E-state index < -0.39 is 0 Å². The van der Waals surface area contributed by atoms with Crippen LogP contribution in [0.25, 0.3) is 28.3 Å². The molecule has 5 rings (SSSR count). The molecule has 0 amide bonds. The van der Waals surface area contributed by atoms with Crippen molar-refractivity contribution in [3.63, 3.8) is 0 Å². The first-order valence-electron chi connectivity index (χ1n) is 8.27. The van der Waals surface area contributed by atoms with Crippen LogP contribution in [0.5, 0.6) is 0 Å². The Morgan fingerprint density at radius 1 is 0.917 bits per heavy atom. The lowest BCUT2D eigenvalue weighted by Gasteiger charge is -2.08. The van der Waals surface area contributed by atoms with Crippen molar-refractivity contribution in [1.82, 2.24) is 19.6 Å². The molecule has 3 heterocycles. The minimum atomic E-state index is 0.713. The van der Waals surface area contributed by atoms with Crippen LogP contribution in [0.15, 0.2) is 60.9 Å². The predicted molar refractivity (Wildman–Crippen MR) is 93.7 cm³/mol. The molecule has 0 N–H and O–H groups in total. The van der Waals surface area contributed by atoms with Gasteiger partial charge in [-0.3, -0.25) is 4.98 Å². The number of pyridine rings is 2. The highest BCUT2D eigenvalue weighted by Crippen LogP contribution is 2.32. The Labute approximate surface area is 139 Å². The molecular formula is C20H16N4. The Morgan fingerprint density at radius 3 is 2.83 bits per heavy atom. The minimum absolute atomic E-state index is 0.713. The van der Waals surface area contributed by atoms with E-state index in [0.717, 1.165) is 28.9 Å². The smallest absolute Gasteiger partial charge is 0.184 e. The van der Waals surface area contributed by atoms with Crippen LogP contribution in [0.3, 0.4) is 0 Å². The molecule has 1 aliphatic carbocycles. The molecule has 1 aliphatic rings. The first-order chi connectivity index (χ1) is 11.9. The van der Waals surface area contributed by atoms with Crippen LogP contribution in [0.1, 0.15) is 17.5 Å². The van der Waals surface area contributed by atoms with E-state index in [2.05, 4.69) is 33.3 Å². The third-order valence-electron chi connectivity index (χ3n) is 4.66. The maximum atomic E-state index is 4.65. The Kier molecular flexibility index (Phi) is 2.95. The SMILES string of the molecule is c1cnc(-c2ccc3c(c2)CCC3)c(-c2nc3ccccn3n2)c1. The van der Waals surface area contributed by atoms with Gasteiger partial charge in [0.25, 0.3) is 0 Å². The third kappa shape index (κ3) is 2.11. The van der Waals surface area contributed by atoms with Gasteiger partial charge in [-0.2, -0.15) is 0 Å². The zero-order valence-electron chi connectivity index (χ0n) is 13.2. The second-order valence-electron chi connectivity index (χ2n) is 6.18. The quantitative estimate of drug-likeness (QED) is 0.563. The summed E-state index contributed by atoms with van der Waals surface area (Å²) >= 11 is 0. The molecule has 0 bridgehead atoms. The molecule has 0 radical (unpaired) electrons. The molecule has 24 heavy (non-hydrogen) atoms. The van der Waals surface area contributed by atoms with E-state index in [0.29, 0.717) is 5.82 Å². The topological polar surface area (TPSA) is 43.1 Å². The highest BCUT2D eigenvalue weighted by Gasteiger charge is 2.16. The van der Waals surface area contributed by atoms with Gasteiger partial charge in [0.1, 0.15) is 0 Å². The van der Waals surface area contributed by atoms with E-state index >= 15 is 0 Å². The normalized spacial score (nSPS) is 13.3. The van der Waals surface area contributed by atoms with Gasteiger partial charge >= 0.3 is 0 Å². The second kappa shape index (κ2) is 5.27. The lowest BCUT2D eigenvalue weighted by atomic mass is 10.0. The first-order valence-corrected chi connectivity index (χ1v) is 8.27. The van der Waals surface area contributed by atoms with E-state index in [-0.39, 0.29) is 0 Å². The van der Waals surface area contributed by atoms with E-state index in [1.807, 2.05) is 42.7 Å². The number of fused-ring (bicyclic) bond motifs is 2. The van der Waals surface area contributed by atoms with Crippen LogP contribution in [-0.2, 0) is 12.8 Å². The maximum absolute atomic E-state index is 4.65. The summed E-state index contributed by atoms with van der Waals surface area (Å²) in [5.74, 6) is 0.713. The van der Waals surface area contributed by atoms with Crippen molar-refractivity contribution in [1.29, 1.82) is 0 Å². The van der Waals surface area contributed by atoms with Gasteiger partial charge in [-0.25, -0.2) is 9.50 Å². The molecule has 0 aliphatic heterocycles. The van der Waals surface area contributed by atoms with Crippen LogP contribution in [0.2, 0.25) is 0 Å². The molecule has 116 valence electrons. The maximum Gasteiger partial charge on any atom is 0.184 e. The molecule has 0 atom stereocenters. The van der Waals surface area contributed by atoms with Crippen molar-refractivity contribution in [2.75, 3.05) is 0 Å². The molecule has 0 unspecified atom stereocenters. The molecular weight excluding hydrogens is 296 g/mol. The zero-order chi connectivity index (χ0) is 15.9. The number of hydrogen-bond donors (Lipinski definition) is 0. The van der Waals surface area contributed by atoms with Gasteiger partial charge in [-0.15, -0.1) is 5.10 Å². The van der Waals surface area contributed by atoms with Gasteiger partial charge in [0, 0.05) is 23.5 Å². The monoisotopic (exact) mass is 312 g/mol. The summed E-state index contributed by atoms with van der Waals surface area (Å²) in [6.45, 7) is 0. The highest BCUT2D eigenvalue weighted by atomic mass is 15.3. The number of aryl methyl sites for hydroxylation is 2. The van der Waals surface area contributed by atoms with Gasteiger partial charge in [0.05, 0.1) is 5.69 Å². The van der Waals surface area contributed by atoms with E-state index in [4.69, 9.17) is 0 Å². The van der Waals surface area contributed by atoms with Crippen LogP contribution < -0.4 is 0 Å². The van der Waals surface area contributed by atoms with Gasteiger partial charge in [0.2, 0.25) is 0 Å². The Morgan fingerprint density at radius 2 is 1.88 bits per heavy atom. The second-order valence-corrected chi connectivity index (χ2v) is 6.18. The number of benzene rings is 1. The molecule has 0 saturated heterocycles. The average molecular weight is 312 g/mol. The summed E-state index contributed by atoms with van der Waals surface area (Å²) in [5, 5.41) is 4.61. The fourth-order valence-electron chi connectivity index (χ4n) is 3.48. The van der Waals surface area contributed by atoms with E-state index in [1.54, 1.807) is 4.52 Å². The van der Waals surface area contributed by atoms with Crippen LogP contribution in [-0.4, -0.2) is 19.6 Å². The Balaban J connectivity index is 1.68. The van der Waals surface area contributed by atoms with Crippen molar-refractivity contribution in [3.8, 4) is 22.6 Å². The van der Waals surface area contributed by atoms with Crippen LogP contribution >= 0.6 is 0 Å². The van der Waals surface area contributed by atoms with Gasteiger partial charge in [-0.1, -0.05) is 18.2 Å². The van der Waals surface area contributed by atoms with Gasteiger partial charge in [-0.05, 0) is 60.7 Å². The van der Waals surface area contributed by atoms with Crippen LogP contribution in [0.4, 0.5) is 0 Å². The molecule has 4 heteroatoms. The number of aromatic nitrogens is 4. The molecule has 3 aromatic heterocycles. The van der Waals surface area contributed by atoms with E-state index in [9.17, 15) is 0 Å². The van der Waals surface area contributed by atoms with E-state index in [1.165, 1.54) is 24.0 Å². The van der Waals surface area contributed by atoms with Crippen molar-refractivity contribution in [2.24, 2.45) is 0 Å². The molecule has 4 nitrogen and oxygen atoms in total. The number of hydrogen-bond acceptors (Lipinski definition) is 3. The van der Waals surface area contributed by atoms with Crippen molar-refractivity contribution < 1.29 is 0 Å². The molecule has 0 saturated carbocycles. The first kappa shape index (κ1) is 13.4. The third-order valence-corrected chi connectivity index (χ3v) is 4.66. The minimum Gasteiger partial charge on any atom is -0.255 e. The fourth-order valence-corrected chi connectivity index (χ4v) is 3.48. The molecule has 1 aromatic carbocycles. The number of nitrogens with zero attached hydrogens (tertiary/aromatic N) is 4. The average Bonchev–Trinajstić information content (AvgIpc) is 3.27. The lowest BCUT2D eigenvalue weighted by Crippen LogP contribution is -1.92. The van der Waals surface area contributed by atoms with Crippen molar-refractivity contribution in [2.45, 2.75) is 19.3 Å². The Hall–Kier alpha value is -3.01. The summed E-state index contributed by atoms with van der Waals surface area (Å²) in [7, 11) is 0. The van der Waals surface area contributed by atoms with Gasteiger partial charge < -0.3 is 0 Å². The van der Waals surface area contributed by atoms with Crippen molar-refractivity contribution >= 4 is 5.65 Å². The largest absolute Gasteiger partial charge is 0.255 e. The van der Waals surface area contributed by atoms with Gasteiger partial charge in [0.15, 0.2) is 11.5 Å². The lowest BCUT2D eigenvalue weighted by molar-refractivity contribution is 0.912. The molecule has 0 fully saturated rings.